The summed E-state index contributed by atoms with van der Waals surface area (Å²) in [6, 6.07) is 6.20. The van der Waals surface area contributed by atoms with Crippen LogP contribution in [0, 0.1) is 0 Å². The predicted octanol–water partition coefficient (Wildman–Crippen LogP) is 2.39. The van der Waals surface area contributed by atoms with Crippen molar-refractivity contribution in [2.24, 2.45) is 0 Å². The molecule has 124 valence electrons. The highest BCUT2D eigenvalue weighted by molar-refractivity contribution is 6.62. The number of carbonyl (C=O) groups is 1. The van der Waals surface area contributed by atoms with Crippen LogP contribution >= 0.6 is 0 Å². The molecule has 0 N–H and O–H groups in total. The van der Waals surface area contributed by atoms with Crippen LogP contribution in [-0.4, -0.2) is 41.7 Å². The van der Waals surface area contributed by atoms with E-state index in [2.05, 4.69) is 47.6 Å². The zero-order chi connectivity index (χ0) is 17.0. The number of benzene rings is 1. The van der Waals surface area contributed by atoms with Crippen LogP contribution < -0.4 is 5.46 Å². The maximum absolute atomic E-state index is 12.6. The van der Waals surface area contributed by atoms with E-state index in [4.69, 9.17) is 9.31 Å². The Morgan fingerprint density at radius 2 is 1.74 bits per heavy atom. The molecule has 2 heterocycles. The van der Waals surface area contributed by atoms with Gasteiger partial charge in [-0.05, 0) is 65.1 Å². The fourth-order valence-electron chi connectivity index (χ4n) is 3.14. The maximum Gasteiger partial charge on any atom is 0.494 e. The van der Waals surface area contributed by atoms with Crippen molar-refractivity contribution in [3.63, 3.8) is 0 Å². The summed E-state index contributed by atoms with van der Waals surface area (Å²) in [7, 11) is -0.372. The molecule has 0 saturated carbocycles. The summed E-state index contributed by atoms with van der Waals surface area (Å²) < 4.78 is 12.2. The van der Waals surface area contributed by atoms with E-state index < -0.39 is 0 Å². The van der Waals surface area contributed by atoms with Gasteiger partial charge < -0.3 is 14.2 Å². The van der Waals surface area contributed by atoms with E-state index >= 15 is 0 Å². The van der Waals surface area contributed by atoms with Crippen LogP contribution in [0.2, 0.25) is 0 Å². The molecule has 0 spiro atoms. The van der Waals surface area contributed by atoms with Gasteiger partial charge in [-0.2, -0.15) is 0 Å². The van der Waals surface area contributed by atoms with Gasteiger partial charge in [0.15, 0.2) is 0 Å². The smallest absolute Gasteiger partial charge is 0.399 e. The molecule has 2 aliphatic heterocycles. The molecule has 0 radical (unpaired) electrons. The van der Waals surface area contributed by atoms with Gasteiger partial charge in [0.2, 0.25) is 0 Å². The van der Waals surface area contributed by atoms with Crippen molar-refractivity contribution in [2.75, 3.05) is 6.54 Å². The third-order valence-corrected chi connectivity index (χ3v) is 5.39. The molecule has 0 bridgehead atoms. The number of amides is 1. The predicted molar refractivity (Wildman–Crippen MR) is 92.0 cm³/mol. The summed E-state index contributed by atoms with van der Waals surface area (Å²) >= 11 is 0. The molecule has 2 aliphatic rings. The minimum atomic E-state index is -0.372. The van der Waals surface area contributed by atoms with Gasteiger partial charge in [0.1, 0.15) is 0 Å². The summed E-state index contributed by atoms with van der Waals surface area (Å²) in [5, 5.41) is 0. The summed E-state index contributed by atoms with van der Waals surface area (Å²) in [6.07, 6.45) is 0.882. The first kappa shape index (κ1) is 16.5. The second-order valence-electron chi connectivity index (χ2n) is 7.85. The van der Waals surface area contributed by atoms with Crippen LogP contribution in [0.25, 0.3) is 0 Å². The largest absolute Gasteiger partial charge is 0.494 e. The molecule has 0 aromatic heterocycles. The van der Waals surface area contributed by atoms with Crippen molar-refractivity contribution in [2.45, 2.75) is 65.2 Å². The lowest BCUT2D eigenvalue weighted by molar-refractivity contribution is 0.00578. The highest BCUT2D eigenvalue weighted by Gasteiger charge is 2.51. The number of hydrogen-bond donors (Lipinski definition) is 0. The van der Waals surface area contributed by atoms with Gasteiger partial charge in [-0.1, -0.05) is 12.1 Å². The number of carbonyl (C=O) groups excluding carboxylic acids is 1. The van der Waals surface area contributed by atoms with Crippen molar-refractivity contribution in [3.8, 4) is 0 Å². The Bertz CT molecular complexity index is 623. The van der Waals surface area contributed by atoms with E-state index in [-0.39, 0.29) is 30.3 Å². The van der Waals surface area contributed by atoms with E-state index in [1.54, 1.807) is 0 Å². The number of fused-ring (bicyclic) bond motifs is 1. The second kappa shape index (κ2) is 5.35. The molecule has 1 amide bonds. The molecule has 0 atom stereocenters. The number of hydrogen-bond acceptors (Lipinski definition) is 3. The molecule has 1 aromatic carbocycles. The topological polar surface area (TPSA) is 38.8 Å². The second-order valence-corrected chi connectivity index (χ2v) is 7.85. The van der Waals surface area contributed by atoms with Gasteiger partial charge >= 0.3 is 7.12 Å². The fourth-order valence-corrected chi connectivity index (χ4v) is 3.14. The molecule has 3 rings (SSSR count). The van der Waals surface area contributed by atoms with Gasteiger partial charge in [-0.25, -0.2) is 0 Å². The van der Waals surface area contributed by atoms with E-state index in [9.17, 15) is 4.79 Å². The molecule has 5 heteroatoms. The molecule has 0 unspecified atom stereocenters. The Kier molecular flexibility index (Phi) is 3.85. The lowest BCUT2D eigenvalue weighted by Crippen LogP contribution is -2.43. The Morgan fingerprint density at radius 1 is 1.13 bits per heavy atom. The Labute approximate surface area is 139 Å². The zero-order valence-electron chi connectivity index (χ0n) is 15.0. The average Bonchev–Trinajstić information content (AvgIpc) is 2.67. The van der Waals surface area contributed by atoms with Crippen molar-refractivity contribution < 1.29 is 14.1 Å². The molecule has 1 saturated heterocycles. The molecule has 4 nitrogen and oxygen atoms in total. The van der Waals surface area contributed by atoms with Crippen molar-refractivity contribution in [1.29, 1.82) is 0 Å². The summed E-state index contributed by atoms with van der Waals surface area (Å²) in [5.41, 5.74) is 2.20. The van der Waals surface area contributed by atoms with Gasteiger partial charge in [-0.3, -0.25) is 4.79 Å². The molecular weight excluding hydrogens is 289 g/mol. The summed E-state index contributed by atoms with van der Waals surface area (Å²) in [5.74, 6) is 0.127. The van der Waals surface area contributed by atoms with Crippen LogP contribution in [0.3, 0.4) is 0 Å². The van der Waals surface area contributed by atoms with Crippen molar-refractivity contribution >= 4 is 18.5 Å². The number of nitrogens with zero attached hydrogens (tertiary/aromatic N) is 1. The highest BCUT2D eigenvalue weighted by atomic mass is 16.7. The van der Waals surface area contributed by atoms with E-state index in [0.29, 0.717) is 0 Å². The molecule has 1 fully saturated rings. The molecule has 1 aromatic rings. The zero-order valence-corrected chi connectivity index (χ0v) is 15.0. The first-order valence-electron chi connectivity index (χ1n) is 8.42. The lowest BCUT2D eigenvalue weighted by atomic mass is 9.77. The standard InChI is InChI=1S/C18H26BNO3/c1-12(2)20-10-9-13-11-14(7-8-15(13)16(20)21)19-22-17(3,4)18(5,6)23-19/h7-8,11-12H,9-10H2,1-6H3. The monoisotopic (exact) mass is 315 g/mol. The Morgan fingerprint density at radius 3 is 2.30 bits per heavy atom. The average molecular weight is 315 g/mol. The van der Waals surface area contributed by atoms with Gasteiger partial charge in [0.25, 0.3) is 5.91 Å². The van der Waals surface area contributed by atoms with E-state index in [1.807, 2.05) is 17.0 Å². The fraction of sp³-hybridized carbons (Fsp3) is 0.611. The highest BCUT2D eigenvalue weighted by Crippen LogP contribution is 2.36. The normalized spacial score (nSPS) is 22.7. The summed E-state index contributed by atoms with van der Waals surface area (Å²) in [4.78, 5) is 14.5. The van der Waals surface area contributed by atoms with Crippen LogP contribution in [0.1, 0.15) is 57.5 Å². The SMILES string of the molecule is CC(C)N1CCc2cc(B3OC(C)(C)C(C)(C)O3)ccc2C1=O. The third-order valence-electron chi connectivity index (χ3n) is 5.39. The van der Waals surface area contributed by atoms with Crippen LogP contribution in [0.15, 0.2) is 18.2 Å². The van der Waals surface area contributed by atoms with Gasteiger partial charge in [0, 0.05) is 18.2 Å². The molecular formula is C18H26BNO3. The summed E-state index contributed by atoms with van der Waals surface area (Å²) in [6.45, 7) is 13.1. The van der Waals surface area contributed by atoms with E-state index in [0.717, 1.165) is 29.6 Å². The molecule has 23 heavy (non-hydrogen) atoms. The Balaban J connectivity index is 1.88. The van der Waals surface area contributed by atoms with Crippen molar-refractivity contribution in [1.82, 2.24) is 4.90 Å². The van der Waals surface area contributed by atoms with Crippen molar-refractivity contribution in [3.05, 3.63) is 29.3 Å². The lowest BCUT2D eigenvalue weighted by Gasteiger charge is -2.32. The Hall–Kier alpha value is -1.33. The quantitative estimate of drug-likeness (QED) is 0.787. The third kappa shape index (κ3) is 2.70. The van der Waals surface area contributed by atoms with E-state index in [1.165, 1.54) is 0 Å². The minimum absolute atomic E-state index is 0.127. The number of rotatable bonds is 2. The maximum atomic E-state index is 12.6. The molecule has 0 aliphatic carbocycles. The van der Waals surface area contributed by atoms with Crippen LogP contribution in [-0.2, 0) is 15.7 Å². The van der Waals surface area contributed by atoms with Crippen LogP contribution in [0.4, 0.5) is 0 Å². The van der Waals surface area contributed by atoms with Crippen LogP contribution in [0.5, 0.6) is 0 Å². The van der Waals surface area contributed by atoms with Gasteiger partial charge in [-0.15, -0.1) is 0 Å². The first-order chi connectivity index (χ1) is 10.6. The first-order valence-corrected chi connectivity index (χ1v) is 8.42. The van der Waals surface area contributed by atoms with Gasteiger partial charge in [0.05, 0.1) is 11.2 Å². The minimum Gasteiger partial charge on any atom is -0.399 e.